The van der Waals surface area contributed by atoms with Crippen molar-refractivity contribution in [3.63, 3.8) is 0 Å². The topological polar surface area (TPSA) is 30.2 Å². The van der Waals surface area contributed by atoms with Gasteiger partial charge in [0.25, 0.3) is 0 Å². The summed E-state index contributed by atoms with van der Waals surface area (Å²) in [6, 6.07) is 0. The van der Waals surface area contributed by atoms with E-state index >= 15 is 0 Å². The van der Waals surface area contributed by atoms with Gasteiger partial charge in [0.15, 0.2) is 5.69 Å². The first-order valence-electron chi connectivity index (χ1n) is 8.02. The van der Waals surface area contributed by atoms with E-state index < -0.39 is 0 Å². The number of thiazole rings is 1. The van der Waals surface area contributed by atoms with Crippen LogP contribution in [0, 0.1) is 31.6 Å². The van der Waals surface area contributed by atoms with Crippen LogP contribution in [0.2, 0.25) is 0 Å². The zero-order valence-electron chi connectivity index (χ0n) is 13.9. The van der Waals surface area contributed by atoms with E-state index in [9.17, 15) is 4.79 Å². The van der Waals surface area contributed by atoms with Crippen molar-refractivity contribution in [2.45, 2.75) is 66.5 Å². The van der Waals surface area contributed by atoms with Crippen LogP contribution in [-0.2, 0) is 16.1 Å². The molecule has 1 aliphatic carbocycles. The minimum absolute atomic E-state index is 0.0920. The van der Waals surface area contributed by atoms with Gasteiger partial charge in [-0.05, 0) is 37.5 Å². The van der Waals surface area contributed by atoms with Crippen LogP contribution in [0.1, 0.15) is 50.6 Å². The highest BCUT2D eigenvalue weighted by Crippen LogP contribution is 2.35. The van der Waals surface area contributed by atoms with Crippen molar-refractivity contribution >= 4 is 17.3 Å². The fourth-order valence-electron chi connectivity index (χ4n) is 3.26. The van der Waals surface area contributed by atoms with Crippen LogP contribution in [0.5, 0.6) is 0 Å². The first kappa shape index (κ1) is 16.5. The summed E-state index contributed by atoms with van der Waals surface area (Å²) in [6.07, 6.45) is 3.55. The first-order valence-corrected chi connectivity index (χ1v) is 8.90. The SMILES string of the molecule is Cc1sc[n+](CC(=O)O[C@@H]2C[C@@H](C)CC[C@H]2C(C)C)c1C. The van der Waals surface area contributed by atoms with Crippen molar-refractivity contribution in [2.75, 3.05) is 0 Å². The third-order valence-corrected chi connectivity index (χ3v) is 5.85. The number of rotatable bonds is 4. The molecule has 0 bridgehead atoms. The fourth-order valence-corrected chi connectivity index (χ4v) is 4.07. The molecule has 1 saturated carbocycles. The van der Waals surface area contributed by atoms with Crippen LogP contribution in [0.15, 0.2) is 5.51 Å². The molecule has 0 spiro atoms. The molecule has 0 radical (unpaired) electrons. The molecule has 4 heteroatoms. The number of nitrogens with zero attached hydrogens (tertiary/aromatic N) is 1. The van der Waals surface area contributed by atoms with Gasteiger partial charge in [-0.25, -0.2) is 4.79 Å². The van der Waals surface area contributed by atoms with E-state index in [0.717, 1.165) is 12.1 Å². The van der Waals surface area contributed by atoms with Crippen LogP contribution >= 0.6 is 11.3 Å². The molecule has 3 atom stereocenters. The Balaban J connectivity index is 1.98. The first-order chi connectivity index (χ1) is 9.88. The van der Waals surface area contributed by atoms with Gasteiger partial charge in [-0.2, -0.15) is 4.57 Å². The van der Waals surface area contributed by atoms with E-state index in [-0.39, 0.29) is 12.1 Å². The Labute approximate surface area is 132 Å². The minimum Gasteiger partial charge on any atom is -0.457 e. The number of carbonyl (C=O) groups excluding carboxylic acids is 1. The second kappa shape index (κ2) is 6.91. The smallest absolute Gasteiger partial charge is 0.373 e. The second-order valence-corrected chi connectivity index (χ2v) is 7.91. The van der Waals surface area contributed by atoms with Gasteiger partial charge in [0.2, 0.25) is 12.1 Å². The molecule has 1 fully saturated rings. The van der Waals surface area contributed by atoms with Gasteiger partial charge in [0.05, 0.1) is 4.88 Å². The lowest BCUT2D eigenvalue weighted by Gasteiger charge is -2.36. The van der Waals surface area contributed by atoms with E-state index in [1.165, 1.54) is 17.7 Å². The van der Waals surface area contributed by atoms with Gasteiger partial charge < -0.3 is 4.74 Å². The molecule has 118 valence electrons. The van der Waals surface area contributed by atoms with Gasteiger partial charge in [-0.15, -0.1) is 0 Å². The second-order valence-electron chi connectivity index (χ2n) is 6.85. The van der Waals surface area contributed by atoms with Crippen LogP contribution in [-0.4, -0.2) is 12.1 Å². The maximum absolute atomic E-state index is 12.3. The lowest BCUT2D eigenvalue weighted by atomic mass is 9.75. The fraction of sp³-hybridized carbons (Fsp3) is 0.765. The molecule has 0 amide bonds. The van der Waals surface area contributed by atoms with Crippen molar-refractivity contribution in [3.05, 3.63) is 16.1 Å². The lowest BCUT2D eigenvalue weighted by molar-refractivity contribution is -0.687. The number of hydrogen-bond acceptors (Lipinski definition) is 3. The molecule has 0 saturated heterocycles. The van der Waals surface area contributed by atoms with Gasteiger partial charge in [0, 0.05) is 6.92 Å². The van der Waals surface area contributed by atoms with Gasteiger partial charge in [-0.1, -0.05) is 38.5 Å². The molecular weight excluding hydrogens is 282 g/mol. The van der Waals surface area contributed by atoms with Crippen LogP contribution < -0.4 is 4.57 Å². The van der Waals surface area contributed by atoms with Crippen molar-refractivity contribution in [2.24, 2.45) is 17.8 Å². The molecule has 3 nitrogen and oxygen atoms in total. The Morgan fingerprint density at radius 1 is 1.43 bits per heavy atom. The van der Waals surface area contributed by atoms with Gasteiger partial charge >= 0.3 is 5.97 Å². The summed E-state index contributed by atoms with van der Waals surface area (Å²) in [6.45, 7) is 11.2. The Morgan fingerprint density at radius 3 is 2.71 bits per heavy atom. The summed E-state index contributed by atoms with van der Waals surface area (Å²) in [5.74, 6) is 1.66. The van der Waals surface area contributed by atoms with E-state index in [2.05, 4.69) is 34.6 Å². The number of aryl methyl sites for hydroxylation is 1. The predicted molar refractivity (Wildman–Crippen MR) is 85.2 cm³/mol. The molecule has 0 aromatic carbocycles. The van der Waals surface area contributed by atoms with Crippen LogP contribution in [0.4, 0.5) is 0 Å². The van der Waals surface area contributed by atoms with Crippen LogP contribution in [0.3, 0.4) is 0 Å². The third kappa shape index (κ3) is 4.06. The molecule has 1 aliphatic rings. The van der Waals surface area contributed by atoms with Gasteiger partial charge in [-0.3, -0.25) is 0 Å². The number of esters is 1. The molecule has 1 aromatic heterocycles. The standard InChI is InChI=1S/C17H28NO2S/c1-11(2)15-7-6-12(3)8-16(15)20-17(19)9-18-10-21-14(5)13(18)4/h10-12,15-16H,6-9H2,1-5H3/q+1/t12-,15-,16+/m0/s1. The quantitative estimate of drug-likeness (QED) is 0.627. The lowest BCUT2D eigenvalue weighted by Crippen LogP contribution is -2.43. The van der Waals surface area contributed by atoms with Crippen LogP contribution in [0.25, 0.3) is 0 Å². The van der Waals surface area contributed by atoms with Crippen molar-refractivity contribution in [1.29, 1.82) is 0 Å². The highest BCUT2D eigenvalue weighted by Gasteiger charge is 2.34. The van der Waals surface area contributed by atoms with Crippen molar-refractivity contribution < 1.29 is 14.1 Å². The Morgan fingerprint density at radius 2 is 2.14 bits per heavy atom. The summed E-state index contributed by atoms with van der Waals surface area (Å²) in [7, 11) is 0. The molecule has 2 rings (SSSR count). The summed E-state index contributed by atoms with van der Waals surface area (Å²) in [4.78, 5) is 13.5. The summed E-state index contributed by atoms with van der Waals surface area (Å²) < 4.78 is 7.85. The van der Waals surface area contributed by atoms with E-state index in [1.807, 2.05) is 10.1 Å². The molecule has 0 unspecified atom stereocenters. The van der Waals surface area contributed by atoms with E-state index in [4.69, 9.17) is 4.74 Å². The normalized spacial score (nSPS) is 26.1. The average Bonchev–Trinajstić information content (AvgIpc) is 2.70. The monoisotopic (exact) mass is 310 g/mol. The molecular formula is C17H28NO2S+. The summed E-state index contributed by atoms with van der Waals surface area (Å²) in [5.41, 5.74) is 3.17. The van der Waals surface area contributed by atoms with E-state index in [0.29, 0.717) is 24.3 Å². The predicted octanol–water partition coefficient (Wildman–Crippen LogP) is 3.66. The Kier molecular flexibility index (Phi) is 5.42. The molecule has 0 aliphatic heterocycles. The minimum atomic E-state index is -0.0920. The molecule has 1 heterocycles. The Hall–Kier alpha value is -0.900. The highest BCUT2D eigenvalue weighted by atomic mass is 32.1. The Bertz CT molecular complexity index is 495. The number of aromatic nitrogens is 1. The zero-order chi connectivity index (χ0) is 15.6. The highest BCUT2D eigenvalue weighted by molar-refractivity contribution is 7.09. The third-order valence-electron chi connectivity index (χ3n) is 4.84. The zero-order valence-corrected chi connectivity index (χ0v) is 14.7. The number of ether oxygens (including phenoxy) is 1. The number of hydrogen-bond donors (Lipinski definition) is 0. The number of carbonyl (C=O) groups is 1. The molecule has 1 aromatic rings. The summed E-state index contributed by atoms with van der Waals surface area (Å²) in [5, 5.41) is 0. The van der Waals surface area contributed by atoms with Crippen molar-refractivity contribution in [3.8, 4) is 0 Å². The summed E-state index contributed by atoms with van der Waals surface area (Å²) >= 11 is 1.68. The average molecular weight is 310 g/mol. The van der Waals surface area contributed by atoms with Gasteiger partial charge in [0.1, 0.15) is 6.10 Å². The van der Waals surface area contributed by atoms with Crippen molar-refractivity contribution in [1.82, 2.24) is 0 Å². The largest absolute Gasteiger partial charge is 0.457 e. The maximum atomic E-state index is 12.3. The molecule has 21 heavy (non-hydrogen) atoms. The van der Waals surface area contributed by atoms with E-state index in [1.54, 1.807) is 11.3 Å². The maximum Gasteiger partial charge on any atom is 0.373 e. The molecule has 0 N–H and O–H groups in total.